The maximum absolute atomic E-state index is 10.3. The van der Waals surface area contributed by atoms with E-state index in [-0.39, 0.29) is 10.8 Å². The third kappa shape index (κ3) is 3.87. The average molecular weight is 312 g/mol. The van der Waals surface area contributed by atoms with Crippen LogP contribution < -0.4 is 4.74 Å². The second-order valence-corrected chi connectivity index (χ2v) is 7.76. The van der Waals surface area contributed by atoms with Gasteiger partial charge in [-0.3, -0.25) is 0 Å². The van der Waals surface area contributed by atoms with Crippen LogP contribution in [0.1, 0.15) is 59.1 Å². The third-order valence-corrected chi connectivity index (χ3v) is 4.51. The molecule has 0 bridgehead atoms. The highest BCUT2D eigenvalue weighted by atomic mass is 16.5. The molecule has 0 aliphatic heterocycles. The first-order chi connectivity index (χ1) is 10.6. The Bertz CT molecular complexity index is 661. The molecule has 0 fully saturated rings. The zero-order valence-electron chi connectivity index (χ0n) is 15.1. The molecule has 0 heterocycles. The van der Waals surface area contributed by atoms with Crippen molar-refractivity contribution in [2.24, 2.45) is 0 Å². The normalized spacial score (nSPS) is 12.3. The Labute approximate surface area is 140 Å². The largest absolute Gasteiger partial charge is 0.508 e. The van der Waals surface area contributed by atoms with E-state index in [1.165, 1.54) is 5.56 Å². The molecule has 0 radical (unpaired) electrons. The highest BCUT2D eigenvalue weighted by Gasteiger charge is 2.26. The standard InChI is InChI=1S/C21H28O2/c1-7-21(5,6)19-17(22)9-8-10-18(19)23-16-13-11-15(12-14-16)20(2,3)4/h8-14,22H,7H2,1-6H3. The predicted octanol–water partition coefficient (Wildman–Crippen LogP) is 6.17. The smallest absolute Gasteiger partial charge is 0.134 e. The van der Waals surface area contributed by atoms with Crippen LogP contribution in [-0.2, 0) is 10.8 Å². The van der Waals surface area contributed by atoms with Crippen LogP contribution in [0, 0.1) is 0 Å². The molecular formula is C21H28O2. The van der Waals surface area contributed by atoms with Gasteiger partial charge >= 0.3 is 0 Å². The lowest BCUT2D eigenvalue weighted by Crippen LogP contribution is -2.16. The van der Waals surface area contributed by atoms with E-state index in [2.05, 4.69) is 53.7 Å². The van der Waals surface area contributed by atoms with E-state index in [0.717, 1.165) is 23.5 Å². The lowest BCUT2D eigenvalue weighted by atomic mass is 9.81. The van der Waals surface area contributed by atoms with Crippen LogP contribution in [0.4, 0.5) is 0 Å². The molecular weight excluding hydrogens is 284 g/mol. The fourth-order valence-corrected chi connectivity index (χ4v) is 2.61. The van der Waals surface area contributed by atoms with E-state index in [1.807, 2.05) is 24.3 Å². The molecule has 2 heteroatoms. The SMILES string of the molecule is CCC(C)(C)c1c(O)cccc1Oc1ccc(C(C)(C)C)cc1. The number of phenols is 1. The van der Waals surface area contributed by atoms with Gasteiger partial charge in [0.05, 0.1) is 0 Å². The second-order valence-electron chi connectivity index (χ2n) is 7.76. The van der Waals surface area contributed by atoms with Crippen molar-refractivity contribution in [3.63, 3.8) is 0 Å². The molecule has 0 saturated carbocycles. The highest BCUT2D eigenvalue weighted by Crippen LogP contribution is 2.42. The summed E-state index contributed by atoms with van der Waals surface area (Å²) in [6, 6.07) is 13.7. The molecule has 0 spiro atoms. The molecule has 1 N–H and O–H groups in total. The van der Waals surface area contributed by atoms with Crippen LogP contribution in [0.15, 0.2) is 42.5 Å². The summed E-state index contributed by atoms with van der Waals surface area (Å²) in [7, 11) is 0. The van der Waals surface area contributed by atoms with Gasteiger partial charge in [-0.15, -0.1) is 0 Å². The molecule has 0 aliphatic carbocycles. The number of hydrogen-bond acceptors (Lipinski definition) is 2. The Hall–Kier alpha value is -1.96. The van der Waals surface area contributed by atoms with Gasteiger partial charge in [-0.05, 0) is 47.1 Å². The minimum Gasteiger partial charge on any atom is -0.508 e. The van der Waals surface area contributed by atoms with Crippen LogP contribution >= 0.6 is 0 Å². The Morgan fingerprint density at radius 3 is 2.04 bits per heavy atom. The number of phenolic OH excluding ortho intramolecular Hbond substituents is 1. The Kier molecular flexibility index (Phi) is 4.74. The van der Waals surface area contributed by atoms with Gasteiger partial charge in [-0.25, -0.2) is 0 Å². The molecule has 0 amide bonds. The molecule has 2 aromatic rings. The van der Waals surface area contributed by atoms with Crippen molar-refractivity contribution in [1.29, 1.82) is 0 Å². The van der Waals surface area contributed by atoms with E-state index < -0.39 is 0 Å². The van der Waals surface area contributed by atoms with Crippen molar-refractivity contribution in [2.75, 3.05) is 0 Å². The molecule has 2 aromatic carbocycles. The summed E-state index contributed by atoms with van der Waals surface area (Å²) in [5.74, 6) is 1.80. The third-order valence-electron chi connectivity index (χ3n) is 4.51. The van der Waals surface area contributed by atoms with Gasteiger partial charge in [0.2, 0.25) is 0 Å². The zero-order valence-corrected chi connectivity index (χ0v) is 15.1. The lowest BCUT2D eigenvalue weighted by Gasteiger charge is -2.27. The quantitative estimate of drug-likeness (QED) is 0.731. The van der Waals surface area contributed by atoms with Gasteiger partial charge in [-0.2, -0.15) is 0 Å². The maximum Gasteiger partial charge on any atom is 0.134 e. The topological polar surface area (TPSA) is 29.5 Å². The van der Waals surface area contributed by atoms with Gasteiger partial charge in [0.25, 0.3) is 0 Å². The van der Waals surface area contributed by atoms with Crippen molar-refractivity contribution >= 4 is 0 Å². The fourth-order valence-electron chi connectivity index (χ4n) is 2.61. The van der Waals surface area contributed by atoms with E-state index in [4.69, 9.17) is 4.74 Å². The zero-order chi connectivity index (χ0) is 17.3. The summed E-state index contributed by atoms with van der Waals surface area (Å²) in [4.78, 5) is 0. The van der Waals surface area contributed by atoms with Gasteiger partial charge < -0.3 is 9.84 Å². The molecule has 124 valence electrons. The average Bonchev–Trinajstić information content (AvgIpc) is 2.46. The first-order valence-electron chi connectivity index (χ1n) is 8.26. The predicted molar refractivity (Wildman–Crippen MR) is 96.6 cm³/mol. The summed E-state index contributed by atoms with van der Waals surface area (Å²) in [5, 5.41) is 10.3. The molecule has 23 heavy (non-hydrogen) atoms. The summed E-state index contributed by atoms with van der Waals surface area (Å²) in [6.07, 6.45) is 0.921. The van der Waals surface area contributed by atoms with E-state index >= 15 is 0 Å². The molecule has 0 unspecified atom stereocenters. The monoisotopic (exact) mass is 312 g/mol. The first-order valence-corrected chi connectivity index (χ1v) is 8.26. The van der Waals surface area contributed by atoms with E-state index in [1.54, 1.807) is 6.07 Å². The molecule has 0 aliphatic rings. The Morgan fingerprint density at radius 1 is 0.913 bits per heavy atom. The Morgan fingerprint density at radius 2 is 1.52 bits per heavy atom. The summed E-state index contributed by atoms with van der Waals surface area (Å²) in [5.41, 5.74) is 2.11. The summed E-state index contributed by atoms with van der Waals surface area (Å²) in [6.45, 7) is 12.9. The number of aromatic hydroxyl groups is 1. The van der Waals surface area contributed by atoms with Gasteiger partial charge in [0.15, 0.2) is 0 Å². The van der Waals surface area contributed by atoms with Crippen molar-refractivity contribution < 1.29 is 9.84 Å². The number of rotatable bonds is 4. The van der Waals surface area contributed by atoms with Crippen molar-refractivity contribution in [1.82, 2.24) is 0 Å². The van der Waals surface area contributed by atoms with Gasteiger partial charge in [-0.1, -0.05) is 59.7 Å². The van der Waals surface area contributed by atoms with Crippen molar-refractivity contribution in [2.45, 2.75) is 58.8 Å². The molecule has 2 nitrogen and oxygen atoms in total. The molecule has 0 saturated heterocycles. The number of benzene rings is 2. The van der Waals surface area contributed by atoms with Crippen LogP contribution in [0.3, 0.4) is 0 Å². The number of ether oxygens (including phenoxy) is 1. The first kappa shape index (κ1) is 17.4. The maximum atomic E-state index is 10.3. The van der Waals surface area contributed by atoms with Crippen LogP contribution in [0.5, 0.6) is 17.2 Å². The van der Waals surface area contributed by atoms with Crippen LogP contribution in [0.2, 0.25) is 0 Å². The highest BCUT2D eigenvalue weighted by molar-refractivity contribution is 5.50. The van der Waals surface area contributed by atoms with Gasteiger partial charge in [0, 0.05) is 5.56 Å². The molecule has 0 atom stereocenters. The van der Waals surface area contributed by atoms with Crippen molar-refractivity contribution in [3.05, 3.63) is 53.6 Å². The van der Waals surface area contributed by atoms with Gasteiger partial charge in [0.1, 0.15) is 17.2 Å². The van der Waals surface area contributed by atoms with Crippen molar-refractivity contribution in [3.8, 4) is 17.2 Å². The summed E-state index contributed by atoms with van der Waals surface area (Å²) >= 11 is 0. The molecule has 0 aromatic heterocycles. The summed E-state index contributed by atoms with van der Waals surface area (Å²) < 4.78 is 6.09. The fraction of sp³-hybridized carbons (Fsp3) is 0.429. The number of hydrogen-bond donors (Lipinski definition) is 1. The second kappa shape index (κ2) is 6.27. The van der Waals surface area contributed by atoms with Crippen LogP contribution in [0.25, 0.3) is 0 Å². The van der Waals surface area contributed by atoms with E-state index in [9.17, 15) is 5.11 Å². The lowest BCUT2D eigenvalue weighted by molar-refractivity contribution is 0.399. The Balaban J connectivity index is 2.36. The minimum absolute atomic E-state index is 0.124. The van der Waals surface area contributed by atoms with Crippen LogP contribution in [-0.4, -0.2) is 5.11 Å². The molecule has 2 rings (SSSR count). The van der Waals surface area contributed by atoms with E-state index in [0.29, 0.717) is 5.75 Å². The minimum atomic E-state index is -0.147.